The molecular weight excluding hydrogens is 190 g/mol. The fourth-order valence-corrected chi connectivity index (χ4v) is 1.55. The van der Waals surface area contributed by atoms with Gasteiger partial charge in [0.15, 0.2) is 0 Å². The number of pyridine rings is 1. The molecule has 0 spiro atoms. The molecule has 1 unspecified atom stereocenters. The van der Waals surface area contributed by atoms with Crippen molar-refractivity contribution in [3.05, 3.63) is 29.0 Å². The molecule has 1 aliphatic heterocycles. The number of carbonyl (C=O) groups excluding carboxylic acids is 1. The van der Waals surface area contributed by atoms with Crippen LogP contribution in [0, 0.1) is 0 Å². The Morgan fingerprint density at radius 2 is 2.38 bits per heavy atom. The Hall–Kier alpha value is -1.09. The average molecular weight is 198 g/mol. The summed E-state index contributed by atoms with van der Waals surface area (Å²) < 4.78 is 5.06. The van der Waals surface area contributed by atoms with Crippen LogP contribution in [-0.2, 0) is 9.53 Å². The minimum atomic E-state index is -0.154. The van der Waals surface area contributed by atoms with Gasteiger partial charge in [-0.05, 0) is 12.5 Å². The van der Waals surface area contributed by atoms with Crippen molar-refractivity contribution in [3.63, 3.8) is 0 Å². The van der Waals surface area contributed by atoms with Crippen LogP contribution in [0.25, 0.3) is 0 Å². The third-order valence-electron chi connectivity index (χ3n) is 1.98. The molecule has 0 amide bonds. The molecule has 0 N–H and O–H groups in total. The summed E-state index contributed by atoms with van der Waals surface area (Å²) in [5.41, 5.74) is 0.873. The summed E-state index contributed by atoms with van der Waals surface area (Å²) in [6.45, 7) is 0. The molecule has 3 nitrogen and oxygen atoms in total. The molecule has 0 radical (unpaired) electrons. The van der Waals surface area contributed by atoms with E-state index in [0.717, 1.165) is 12.0 Å². The molecule has 0 bridgehead atoms. The summed E-state index contributed by atoms with van der Waals surface area (Å²) >= 11 is 5.76. The molecule has 2 rings (SSSR count). The lowest BCUT2D eigenvalue weighted by atomic mass is 10.1. The summed E-state index contributed by atoms with van der Waals surface area (Å²) in [5.74, 6) is -0.148. The number of ether oxygens (including phenoxy) is 1. The molecule has 0 aromatic carbocycles. The first-order valence-electron chi connectivity index (χ1n) is 4.05. The lowest BCUT2D eigenvalue weighted by molar-refractivity contribution is -0.141. The van der Waals surface area contributed by atoms with Crippen LogP contribution in [0.3, 0.4) is 0 Å². The molecule has 2 heterocycles. The zero-order valence-corrected chi connectivity index (χ0v) is 7.62. The smallest absolute Gasteiger partial charge is 0.306 e. The number of halogens is 1. The largest absolute Gasteiger partial charge is 0.457 e. The topological polar surface area (TPSA) is 39.2 Å². The van der Waals surface area contributed by atoms with Crippen molar-refractivity contribution in [2.45, 2.75) is 18.9 Å². The molecular formula is C9H8ClNO2. The van der Waals surface area contributed by atoms with Gasteiger partial charge in [-0.1, -0.05) is 11.6 Å². The molecule has 4 heteroatoms. The third-order valence-corrected chi connectivity index (χ3v) is 2.19. The Labute approximate surface area is 80.7 Å². The van der Waals surface area contributed by atoms with Gasteiger partial charge >= 0.3 is 5.97 Å². The quantitative estimate of drug-likeness (QED) is 0.648. The highest BCUT2D eigenvalue weighted by Gasteiger charge is 2.24. The van der Waals surface area contributed by atoms with Gasteiger partial charge in [0, 0.05) is 24.4 Å². The molecule has 1 aromatic rings. The van der Waals surface area contributed by atoms with E-state index in [4.69, 9.17) is 16.3 Å². The Morgan fingerprint density at radius 3 is 3.00 bits per heavy atom. The number of hydrogen-bond donors (Lipinski definition) is 0. The van der Waals surface area contributed by atoms with Crippen LogP contribution >= 0.6 is 11.6 Å². The SMILES string of the molecule is O=C1CCC(c2cncc(Cl)c2)O1. The lowest BCUT2D eigenvalue weighted by Gasteiger charge is -2.08. The van der Waals surface area contributed by atoms with Gasteiger partial charge in [0.2, 0.25) is 0 Å². The van der Waals surface area contributed by atoms with Crippen LogP contribution in [0.2, 0.25) is 5.02 Å². The second kappa shape index (κ2) is 3.34. The summed E-state index contributed by atoms with van der Waals surface area (Å²) in [6.07, 6.45) is 4.29. The lowest BCUT2D eigenvalue weighted by Crippen LogP contribution is -1.98. The predicted molar refractivity (Wildman–Crippen MR) is 47.3 cm³/mol. The third kappa shape index (κ3) is 1.80. The summed E-state index contributed by atoms with van der Waals surface area (Å²) in [4.78, 5) is 14.8. The molecule has 1 atom stereocenters. The second-order valence-corrected chi connectivity index (χ2v) is 3.39. The normalized spacial score (nSPS) is 21.6. The van der Waals surface area contributed by atoms with Crippen LogP contribution in [0.4, 0.5) is 0 Å². The maximum Gasteiger partial charge on any atom is 0.306 e. The van der Waals surface area contributed by atoms with Crippen LogP contribution in [0.15, 0.2) is 18.5 Å². The van der Waals surface area contributed by atoms with Crippen molar-refractivity contribution in [2.75, 3.05) is 0 Å². The highest BCUT2D eigenvalue weighted by molar-refractivity contribution is 6.30. The second-order valence-electron chi connectivity index (χ2n) is 2.95. The number of carbonyl (C=O) groups is 1. The zero-order chi connectivity index (χ0) is 9.26. The van der Waals surface area contributed by atoms with Crippen LogP contribution in [-0.4, -0.2) is 11.0 Å². The van der Waals surface area contributed by atoms with E-state index in [-0.39, 0.29) is 12.1 Å². The van der Waals surface area contributed by atoms with Crippen molar-refractivity contribution in [2.24, 2.45) is 0 Å². The van der Waals surface area contributed by atoms with E-state index in [0.29, 0.717) is 11.4 Å². The molecule has 0 aliphatic carbocycles. The van der Waals surface area contributed by atoms with Crippen molar-refractivity contribution in [1.29, 1.82) is 0 Å². The molecule has 1 aromatic heterocycles. The number of aromatic nitrogens is 1. The van der Waals surface area contributed by atoms with Gasteiger partial charge < -0.3 is 4.74 Å². The van der Waals surface area contributed by atoms with E-state index in [1.807, 2.05) is 0 Å². The zero-order valence-electron chi connectivity index (χ0n) is 6.87. The molecule has 0 saturated carbocycles. The van der Waals surface area contributed by atoms with Gasteiger partial charge in [-0.25, -0.2) is 0 Å². The molecule has 13 heavy (non-hydrogen) atoms. The molecule has 68 valence electrons. The van der Waals surface area contributed by atoms with Gasteiger partial charge in [0.05, 0.1) is 5.02 Å². The van der Waals surface area contributed by atoms with Gasteiger partial charge in [0.25, 0.3) is 0 Å². The van der Waals surface area contributed by atoms with Crippen molar-refractivity contribution < 1.29 is 9.53 Å². The first kappa shape index (κ1) is 8.51. The Morgan fingerprint density at radius 1 is 1.54 bits per heavy atom. The van der Waals surface area contributed by atoms with Crippen molar-refractivity contribution >= 4 is 17.6 Å². The van der Waals surface area contributed by atoms with E-state index in [1.165, 1.54) is 0 Å². The molecule has 1 aliphatic rings. The van der Waals surface area contributed by atoms with E-state index in [9.17, 15) is 4.79 Å². The van der Waals surface area contributed by atoms with Crippen LogP contribution < -0.4 is 0 Å². The van der Waals surface area contributed by atoms with Gasteiger partial charge in [0.1, 0.15) is 6.10 Å². The fourth-order valence-electron chi connectivity index (χ4n) is 1.36. The fraction of sp³-hybridized carbons (Fsp3) is 0.333. The highest BCUT2D eigenvalue weighted by Crippen LogP contribution is 2.29. The number of esters is 1. The number of nitrogens with zero attached hydrogens (tertiary/aromatic N) is 1. The molecule has 1 fully saturated rings. The van der Waals surface area contributed by atoms with Gasteiger partial charge in [-0.15, -0.1) is 0 Å². The standard InChI is InChI=1S/C9H8ClNO2/c10-7-3-6(4-11-5-7)8-1-2-9(12)13-8/h3-5,8H,1-2H2. The van der Waals surface area contributed by atoms with Gasteiger partial charge in [-0.2, -0.15) is 0 Å². The highest BCUT2D eigenvalue weighted by atomic mass is 35.5. The van der Waals surface area contributed by atoms with E-state index < -0.39 is 0 Å². The first-order chi connectivity index (χ1) is 6.25. The summed E-state index contributed by atoms with van der Waals surface area (Å²) in [6, 6.07) is 1.78. The van der Waals surface area contributed by atoms with Gasteiger partial charge in [-0.3, -0.25) is 9.78 Å². The Bertz CT molecular complexity index is 340. The van der Waals surface area contributed by atoms with E-state index in [2.05, 4.69) is 4.98 Å². The number of cyclic esters (lactones) is 1. The first-order valence-corrected chi connectivity index (χ1v) is 4.43. The Balaban J connectivity index is 2.21. The van der Waals surface area contributed by atoms with Crippen molar-refractivity contribution in [1.82, 2.24) is 4.98 Å². The monoisotopic (exact) mass is 197 g/mol. The van der Waals surface area contributed by atoms with Crippen LogP contribution in [0.1, 0.15) is 24.5 Å². The van der Waals surface area contributed by atoms with Crippen LogP contribution in [0.5, 0.6) is 0 Å². The number of rotatable bonds is 1. The maximum atomic E-state index is 10.8. The maximum absolute atomic E-state index is 10.8. The van der Waals surface area contributed by atoms with Crippen molar-refractivity contribution in [3.8, 4) is 0 Å². The average Bonchev–Trinajstić information content (AvgIpc) is 2.52. The predicted octanol–water partition coefficient (Wildman–Crippen LogP) is 2.11. The van der Waals surface area contributed by atoms with E-state index in [1.54, 1.807) is 18.5 Å². The Kier molecular flexibility index (Phi) is 2.19. The summed E-state index contributed by atoms with van der Waals surface area (Å²) in [5, 5.41) is 0.570. The minimum absolute atomic E-state index is 0.148. The summed E-state index contributed by atoms with van der Waals surface area (Å²) in [7, 11) is 0. The van der Waals surface area contributed by atoms with E-state index >= 15 is 0 Å². The molecule has 1 saturated heterocycles. The number of hydrogen-bond acceptors (Lipinski definition) is 3. The minimum Gasteiger partial charge on any atom is -0.457 e.